The fourth-order valence-electron chi connectivity index (χ4n) is 3.68. The summed E-state index contributed by atoms with van der Waals surface area (Å²) in [6.45, 7) is 3.41. The van der Waals surface area contributed by atoms with E-state index in [0.717, 1.165) is 30.4 Å². The number of hydrogen-bond acceptors (Lipinski definition) is 3. The Morgan fingerprint density at radius 2 is 1.61 bits per heavy atom. The van der Waals surface area contributed by atoms with Gasteiger partial charge in [0.15, 0.2) is 0 Å². The largest absolute Gasteiger partial charge is 0.329 e. The van der Waals surface area contributed by atoms with Gasteiger partial charge in [0, 0.05) is 5.56 Å². The Kier molecular flexibility index (Phi) is 5.14. The third-order valence-electron chi connectivity index (χ3n) is 5.33. The zero-order valence-corrected chi connectivity index (χ0v) is 16.3. The van der Waals surface area contributed by atoms with Crippen LogP contribution in [0.2, 0.25) is 0 Å². The Morgan fingerprint density at radius 3 is 2.29 bits per heavy atom. The van der Waals surface area contributed by atoms with Crippen molar-refractivity contribution in [1.29, 1.82) is 5.26 Å². The SMILES string of the molecule is N#Cc1ccc(C[NH+]2CCN(S(=O)(=O)c3ccc4ccccc4c3)CC2)cc1. The van der Waals surface area contributed by atoms with E-state index in [1.165, 1.54) is 10.5 Å². The molecule has 1 aliphatic rings. The lowest BCUT2D eigenvalue weighted by Gasteiger charge is -2.31. The van der Waals surface area contributed by atoms with Crippen molar-refractivity contribution in [1.82, 2.24) is 4.31 Å². The maximum Gasteiger partial charge on any atom is 0.243 e. The van der Waals surface area contributed by atoms with Crippen LogP contribution >= 0.6 is 0 Å². The zero-order valence-electron chi connectivity index (χ0n) is 15.5. The van der Waals surface area contributed by atoms with Gasteiger partial charge in [-0.2, -0.15) is 9.57 Å². The molecule has 1 aliphatic heterocycles. The van der Waals surface area contributed by atoms with Gasteiger partial charge in [-0.3, -0.25) is 0 Å². The summed E-state index contributed by atoms with van der Waals surface area (Å²) < 4.78 is 27.7. The average molecular weight is 393 g/mol. The van der Waals surface area contributed by atoms with Gasteiger partial charge in [-0.05, 0) is 35.0 Å². The Hall–Kier alpha value is -2.72. The molecule has 0 aromatic heterocycles. The Morgan fingerprint density at radius 1 is 0.929 bits per heavy atom. The summed E-state index contributed by atoms with van der Waals surface area (Å²) in [5.74, 6) is 0. The van der Waals surface area contributed by atoms with Gasteiger partial charge in [0.25, 0.3) is 0 Å². The second-order valence-corrected chi connectivity index (χ2v) is 9.09. The fourth-order valence-corrected chi connectivity index (χ4v) is 5.16. The van der Waals surface area contributed by atoms with Crippen molar-refractivity contribution in [2.45, 2.75) is 11.4 Å². The fraction of sp³-hybridized carbons (Fsp3) is 0.227. The molecular weight excluding hydrogens is 370 g/mol. The normalized spacial score (nSPS) is 16.1. The smallest absolute Gasteiger partial charge is 0.243 e. The molecule has 0 bridgehead atoms. The summed E-state index contributed by atoms with van der Waals surface area (Å²) in [5.41, 5.74) is 1.82. The molecule has 6 heteroatoms. The van der Waals surface area contributed by atoms with E-state index in [1.54, 1.807) is 16.4 Å². The first kappa shape index (κ1) is 18.6. The summed E-state index contributed by atoms with van der Waals surface area (Å²) in [6.07, 6.45) is 0. The molecule has 4 rings (SSSR count). The maximum atomic E-state index is 13.1. The molecule has 5 nitrogen and oxygen atoms in total. The van der Waals surface area contributed by atoms with Crippen LogP contribution in [0.15, 0.2) is 71.6 Å². The van der Waals surface area contributed by atoms with Gasteiger partial charge in [-0.15, -0.1) is 0 Å². The molecular formula is C22H22N3O2S+. The number of rotatable bonds is 4. The van der Waals surface area contributed by atoms with Crippen LogP contribution in [0.3, 0.4) is 0 Å². The first-order valence-electron chi connectivity index (χ1n) is 9.38. The molecule has 1 fully saturated rings. The highest BCUT2D eigenvalue weighted by molar-refractivity contribution is 7.89. The Labute approximate surface area is 165 Å². The van der Waals surface area contributed by atoms with Crippen molar-refractivity contribution >= 4 is 20.8 Å². The standard InChI is InChI=1S/C22H21N3O2S/c23-16-18-5-7-19(8-6-18)17-24-11-13-25(14-12-24)28(26,27)22-10-9-20-3-1-2-4-21(20)15-22/h1-10,15H,11-14,17H2/p+1. The van der Waals surface area contributed by atoms with Crippen LogP contribution in [0.25, 0.3) is 10.8 Å². The predicted octanol–water partition coefficient (Wildman–Crippen LogP) is 1.80. The maximum absolute atomic E-state index is 13.1. The molecule has 0 amide bonds. The number of piperazine rings is 1. The lowest BCUT2D eigenvalue weighted by molar-refractivity contribution is -0.917. The summed E-state index contributed by atoms with van der Waals surface area (Å²) in [7, 11) is -3.47. The number of quaternary nitrogens is 1. The zero-order chi connectivity index (χ0) is 19.6. The highest BCUT2D eigenvalue weighted by Crippen LogP contribution is 2.22. The third kappa shape index (κ3) is 3.78. The first-order valence-corrected chi connectivity index (χ1v) is 10.8. The van der Waals surface area contributed by atoms with Crippen LogP contribution in [0.5, 0.6) is 0 Å². The van der Waals surface area contributed by atoms with Gasteiger partial charge in [0.2, 0.25) is 10.0 Å². The van der Waals surface area contributed by atoms with Gasteiger partial charge < -0.3 is 4.90 Å². The molecule has 142 valence electrons. The number of nitrogens with one attached hydrogen (secondary N) is 1. The highest BCUT2D eigenvalue weighted by Gasteiger charge is 2.30. The minimum absolute atomic E-state index is 0.363. The van der Waals surface area contributed by atoms with E-state index in [1.807, 2.05) is 54.6 Å². The van der Waals surface area contributed by atoms with Crippen LogP contribution in [0, 0.1) is 11.3 Å². The summed E-state index contributed by atoms with van der Waals surface area (Å²) >= 11 is 0. The van der Waals surface area contributed by atoms with Crippen LogP contribution in [-0.4, -0.2) is 38.9 Å². The summed E-state index contributed by atoms with van der Waals surface area (Å²) in [6, 6.07) is 22.9. The van der Waals surface area contributed by atoms with Crippen molar-refractivity contribution in [2.24, 2.45) is 0 Å². The van der Waals surface area contributed by atoms with E-state index < -0.39 is 10.0 Å². The second kappa shape index (κ2) is 7.72. The lowest BCUT2D eigenvalue weighted by Crippen LogP contribution is -3.13. The topological polar surface area (TPSA) is 65.6 Å². The van der Waals surface area contributed by atoms with Crippen LogP contribution in [-0.2, 0) is 16.6 Å². The molecule has 0 saturated carbocycles. The van der Waals surface area contributed by atoms with Crippen molar-refractivity contribution in [3.63, 3.8) is 0 Å². The number of nitriles is 1. The Bertz CT molecular complexity index is 1130. The number of hydrogen-bond donors (Lipinski definition) is 1. The summed E-state index contributed by atoms with van der Waals surface area (Å²) in [4.78, 5) is 1.72. The molecule has 0 aliphatic carbocycles. The highest BCUT2D eigenvalue weighted by atomic mass is 32.2. The number of sulfonamides is 1. The van der Waals surface area contributed by atoms with Crippen molar-refractivity contribution < 1.29 is 13.3 Å². The van der Waals surface area contributed by atoms with E-state index in [4.69, 9.17) is 5.26 Å². The number of fused-ring (bicyclic) bond motifs is 1. The average Bonchev–Trinajstić information content (AvgIpc) is 2.74. The molecule has 1 saturated heterocycles. The number of nitrogens with zero attached hydrogens (tertiary/aromatic N) is 2. The Balaban J connectivity index is 1.43. The van der Waals surface area contributed by atoms with E-state index in [9.17, 15) is 8.42 Å². The van der Waals surface area contributed by atoms with E-state index in [0.29, 0.717) is 23.5 Å². The lowest BCUT2D eigenvalue weighted by atomic mass is 10.1. The molecule has 3 aromatic carbocycles. The third-order valence-corrected chi connectivity index (χ3v) is 7.22. The second-order valence-electron chi connectivity index (χ2n) is 7.15. The van der Waals surface area contributed by atoms with E-state index in [-0.39, 0.29) is 0 Å². The quantitative estimate of drug-likeness (QED) is 0.736. The predicted molar refractivity (Wildman–Crippen MR) is 108 cm³/mol. The molecule has 0 radical (unpaired) electrons. The van der Waals surface area contributed by atoms with Gasteiger partial charge in [-0.25, -0.2) is 8.42 Å². The molecule has 1 heterocycles. The van der Waals surface area contributed by atoms with Gasteiger partial charge in [-0.1, -0.05) is 42.5 Å². The molecule has 0 unspecified atom stereocenters. The summed E-state index contributed by atoms with van der Waals surface area (Å²) in [5, 5.41) is 10.9. The molecule has 0 spiro atoms. The van der Waals surface area contributed by atoms with Gasteiger partial charge in [0.1, 0.15) is 6.54 Å². The van der Waals surface area contributed by atoms with Crippen molar-refractivity contribution in [3.05, 3.63) is 77.9 Å². The van der Waals surface area contributed by atoms with E-state index >= 15 is 0 Å². The van der Waals surface area contributed by atoms with Crippen molar-refractivity contribution in [2.75, 3.05) is 26.2 Å². The van der Waals surface area contributed by atoms with Crippen LogP contribution in [0.1, 0.15) is 11.1 Å². The van der Waals surface area contributed by atoms with Gasteiger partial charge >= 0.3 is 0 Å². The molecule has 0 atom stereocenters. The first-order chi connectivity index (χ1) is 13.6. The van der Waals surface area contributed by atoms with Gasteiger partial charge in [0.05, 0.1) is 42.7 Å². The van der Waals surface area contributed by atoms with Crippen LogP contribution < -0.4 is 4.90 Å². The minimum Gasteiger partial charge on any atom is -0.329 e. The molecule has 1 N–H and O–H groups in total. The van der Waals surface area contributed by atoms with Crippen molar-refractivity contribution in [3.8, 4) is 6.07 Å². The molecule has 28 heavy (non-hydrogen) atoms. The minimum atomic E-state index is -3.47. The monoisotopic (exact) mass is 392 g/mol. The van der Waals surface area contributed by atoms with E-state index in [2.05, 4.69) is 6.07 Å². The van der Waals surface area contributed by atoms with Crippen LogP contribution in [0.4, 0.5) is 0 Å². The molecule has 3 aromatic rings. The number of benzene rings is 3.